The summed E-state index contributed by atoms with van der Waals surface area (Å²) in [5, 5.41) is 0. The molecule has 0 amide bonds. The van der Waals surface area contributed by atoms with Crippen molar-refractivity contribution in [3.8, 4) is 0 Å². The summed E-state index contributed by atoms with van der Waals surface area (Å²) in [6, 6.07) is 0. The second-order valence-corrected chi connectivity index (χ2v) is 6.96. The quantitative estimate of drug-likeness (QED) is 0.332. The Labute approximate surface area is 143 Å². The van der Waals surface area contributed by atoms with Gasteiger partial charge in [0.1, 0.15) is 0 Å². The molecule has 0 spiro atoms. The number of carbonyl (C=O) groups excluding carboxylic acids is 1. The summed E-state index contributed by atoms with van der Waals surface area (Å²) in [5.74, 6) is -0.351. The Morgan fingerprint density at radius 2 is 1.39 bits per heavy atom. The maximum absolute atomic E-state index is 11.0. The van der Waals surface area contributed by atoms with Crippen LogP contribution in [0, 0.1) is 0 Å². The van der Waals surface area contributed by atoms with Crippen molar-refractivity contribution in [3.05, 3.63) is 0 Å². The summed E-state index contributed by atoms with van der Waals surface area (Å²) < 4.78 is 10.9. The molecule has 0 fully saturated rings. The first kappa shape index (κ1) is 22.4. The molecule has 0 bridgehead atoms. The van der Waals surface area contributed by atoms with Crippen LogP contribution in [-0.4, -0.2) is 31.3 Å². The predicted molar refractivity (Wildman–Crippen MR) is 96.5 cm³/mol. The molecule has 0 aliphatic carbocycles. The van der Waals surface area contributed by atoms with E-state index in [0.717, 1.165) is 13.0 Å². The maximum Gasteiger partial charge on any atom is 0.319 e. The van der Waals surface area contributed by atoms with E-state index in [1.54, 1.807) is 0 Å². The van der Waals surface area contributed by atoms with Crippen molar-refractivity contribution in [1.82, 2.24) is 0 Å². The Bertz CT molecular complexity index is 280. The molecule has 0 aromatic heterocycles. The lowest BCUT2D eigenvalue weighted by molar-refractivity contribution is -0.143. The van der Waals surface area contributed by atoms with Crippen molar-refractivity contribution in [2.45, 2.75) is 97.0 Å². The van der Waals surface area contributed by atoms with Crippen LogP contribution < -0.4 is 5.73 Å². The lowest BCUT2D eigenvalue weighted by Crippen LogP contribution is -2.28. The number of ether oxygens (including phenoxy) is 2. The number of hydrogen-bond donors (Lipinski definition) is 1. The molecule has 0 unspecified atom stereocenters. The highest BCUT2D eigenvalue weighted by Crippen LogP contribution is 2.16. The molecule has 0 aromatic carbocycles. The number of nitrogens with two attached hydrogens (primary N) is 1. The van der Waals surface area contributed by atoms with Gasteiger partial charge in [0.05, 0.1) is 18.8 Å². The number of carbonyl (C=O) groups is 1. The topological polar surface area (TPSA) is 61.5 Å². The summed E-state index contributed by atoms with van der Waals surface area (Å²) in [7, 11) is 0. The van der Waals surface area contributed by atoms with Gasteiger partial charge >= 0.3 is 5.97 Å². The molecule has 0 atom stereocenters. The highest BCUT2D eigenvalue weighted by atomic mass is 16.5. The maximum atomic E-state index is 11.0. The number of rotatable bonds is 16. The fourth-order valence-electron chi connectivity index (χ4n) is 2.48. The van der Waals surface area contributed by atoms with Gasteiger partial charge in [-0.05, 0) is 20.3 Å². The first-order valence-corrected chi connectivity index (χ1v) is 9.51. The zero-order valence-electron chi connectivity index (χ0n) is 15.7. The lowest BCUT2D eigenvalue weighted by atomic mass is 10.1. The van der Waals surface area contributed by atoms with E-state index < -0.39 is 0 Å². The zero-order chi connectivity index (χ0) is 17.4. The van der Waals surface area contributed by atoms with Crippen LogP contribution in [0.2, 0.25) is 0 Å². The van der Waals surface area contributed by atoms with Gasteiger partial charge in [0.15, 0.2) is 0 Å². The molecule has 0 saturated heterocycles. The lowest BCUT2D eigenvalue weighted by Gasteiger charge is -2.25. The molecule has 0 radical (unpaired) electrons. The number of hydrogen-bond acceptors (Lipinski definition) is 4. The highest BCUT2D eigenvalue weighted by molar-refractivity contribution is 5.71. The second kappa shape index (κ2) is 14.9. The Kier molecular flexibility index (Phi) is 14.6. The Morgan fingerprint density at radius 1 is 0.870 bits per heavy atom. The van der Waals surface area contributed by atoms with Crippen molar-refractivity contribution in [3.63, 3.8) is 0 Å². The third-order valence-electron chi connectivity index (χ3n) is 4.12. The van der Waals surface area contributed by atoms with Crippen LogP contribution in [0.1, 0.15) is 91.4 Å². The van der Waals surface area contributed by atoms with E-state index in [0.29, 0.717) is 13.0 Å². The van der Waals surface area contributed by atoms with Crippen LogP contribution in [-0.2, 0) is 14.3 Å². The van der Waals surface area contributed by atoms with Gasteiger partial charge in [0.25, 0.3) is 0 Å². The minimum atomic E-state index is -0.351. The number of esters is 1. The van der Waals surface area contributed by atoms with Gasteiger partial charge in [-0.2, -0.15) is 0 Å². The average molecular weight is 330 g/mol. The van der Waals surface area contributed by atoms with Gasteiger partial charge in [-0.25, -0.2) is 0 Å². The van der Waals surface area contributed by atoms with Crippen molar-refractivity contribution in [2.24, 2.45) is 5.73 Å². The molecule has 0 aromatic rings. The molecule has 0 aliphatic rings. The molecule has 138 valence electrons. The molecule has 0 heterocycles. The molecular formula is C19H39NO3. The van der Waals surface area contributed by atoms with Gasteiger partial charge < -0.3 is 15.2 Å². The zero-order valence-corrected chi connectivity index (χ0v) is 15.7. The fraction of sp³-hybridized carbons (Fsp3) is 0.947. The molecule has 0 aliphatic heterocycles. The summed E-state index contributed by atoms with van der Waals surface area (Å²) in [6.45, 7) is 7.45. The predicted octanol–water partition coefficient (Wildman–Crippen LogP) is 4.59. The molecular weight excluding hydrogens is 290 g/mol. The van der Waals surface area contributed by atoms with Crippen LogP contribution in [0.4, 0.5) is 0 Å². The third kappa shape index (κ3) is 16.0. The van der Waals surface area contributed by atoms with Gasteiger partial charge in [0, 0.05) is 13.0 Å². The van der Waals surface area contributed by atoms with E-state index in [-0.39, 0.29) is 18.1 Å². The van der Waals surface area contributed by atoms with Crippen LogP contribution in [0.3, 0.4) is 0 Å². The van der Waals surface area contributed by atoms with Crippen molar-refractivity contribution in [1.29, 1.82) is 0 Å². The monoisotopic (exact) mass is 329 g/mol. The molecule has 0 rings (SSSR count). The van der Waals surface area contributed by atoms with Gasteiger partial charge in [-0.1, -0.05) is 64.7 Å². The van der Waals surface area contributed by atoms with Crippen molar-refractivity contribution in [2.75, 3.05) is 19.8 Å². The Balaban J connectivity index is 3.36. The first-order valence-electron chi connectivity index (χ1n) is 9.51. The van der Waals surface area contributed by atoms with Crippen LogP contribution in [0.15, 0.2) is 0 Å². The molecule has 0 saturated carbocycles. The molecule has 2 N–H and O–H groups in total. The van der Waals surface area contributed by atoms with Crippen molar-refractivity contribution < 1.29 is 14.3 Å². The minimum absolute atomic E-state index is 0.0557. The van der Waals surface area contributed by atoms with E-state index >= 15 is 0 Å². The van der Waals surface area contributed by atoms with Gasteiger partial charge in [-0.3, -0.25) is 4.79 Å². The normalized spacial score (nSPS) is 11.7. The van der Waals surface area contributed by atoms with Gasteiger partial charge in [-0.15, -0.1) is 0 Å². The molecule has 4 heteroatoms. The van der Waals surface area contributed by atoms with Gasteiger partial charge in [0.2, 0.25) is 0 Å². The van der Waals surface area contributed by atoms with E-state index in [1.807, 2.05) is 13.8 Å². The van der Waals surface area contributed by atoms with E-state index in [1.165, 1.54) is 57.8 Å². The molecule has 4 nitrogen and oxygen atoms in total. The first-order chi connectivity index (χ1) is 11.0. The van der Waals surface area contributed by atoms with E-state index in [2.05, 4.69) is 6.92 Å². The van der Waals surface area contributed by atoms with Crippen LogP contribution in [0.25, 0.3) is 0 Å². The standard InChI is InChI=1S/C19H39NO3/c1-4-5-6-7-8-9-10-11-12-13-15-23-19(2,3)14-16-22-18(21)17-20/h4-17,20H2,1-3H3. The Morgan fingerprint density at radius 3 is 1.91 bits per heavy atom. The summed E-state index contributed by atoms with van der Waals surface area (Å²) >= 11 is 0. The largest absolute Gasteiger partial charge is 0.465 e. The molecule has 23 heavy (non-hydrogen) atoms. The van der Waals surface area contributed by atoms with E-state index in [4.69, 9.17) is 15.2 Å². The summed E-state index contributed by atoms with van der Waals surface area (Å²) in [6.07, 6.45) is 14.0. The van der Waals surface area contributed by atoms with Crippen molar-refractivity contribution >= 4 is 5.97 Å². The summed E-state index contributed by atoms with van der Waals surface area (Å²) in [5.41, 5.74) is 4.95. The van der Waals surface area contributed by atoms with E-state index in [9.17, 15) is 4.79 Å². The summed E-state index contributed by atoms with van der Waals surface area (Å²) in [4.78, 5) is 11.0. The minimum Gasteiger partial charge on any atom is -0.465 e. The number of unbranched alkanes of at least 4 members (excludes halogenated alkanes) is 9. The van der Waals surface area contributed by atoms with Crippen LogP contribution >= 0.6 is 0 Å². The SMILES string of the molecule is CCCCCCCCCCCCOC(C)(C)CCOC(=O)CN. The second-order valence-electron chi connectivity index (χ2n) is 6.96. The highest BCUT2D eigenvalue weighted by Gasteiger charge is 2.18. The smallest absolute Gasteiger partial charge is 0.319 e. The average Bonchev–Trinajstić information content (AvgIpc) is 2.52. The Hall–Kier alpha value is -0.610. The fourth-order valence-corrected chi connectivity index (χ4v) is 2.48. The third-order valence-corrected chi connectivity index (χ3v) is 4.12. The van der Waals surface area contributed by atoms with Crippen LogP contribution in [0.5, 0.6) is 0 Å².